The monoisotopic (exact) mass is 254 g/mol. The molecule has 94 valence electrons. The van der Waals surface area contributed by atoms with E-state index in [1.54, 1.807) is 0 Å². The van der Waals surface area contributed by atoms with E-state index in [0.717, 1.165) is 44.0 Å². The van der Waals surface area contributed by atoms with Gasteiger partial charge in [0.05, 0.1) is 17.7 Å². The first-order valence-electron chi connectivity index (χ1n) is 6.22. The third-order valence-corrected chi connectivity index (χ3v) is 3.31. The molecular weight excluding hydrogens is 236 g/mol. The van der Waals surface area contributed by atoms with Crippen molar-refractivity contribution in [3.8, 4) is 0 Å². The summed E-state index contributed by atoms with van der Waals surface area (Å²) in [5.41, 5.74) is 0.933. The molecule has 2 heterocycles. The van der Waals surface area contributed by atoms with E-state index in [2.05, 4.69) is 9.88 Å². The Hall–Kier alpha value is -0.800. The Labute approximate surface area is 108 Å². The molecule has 3 nitrogen and oxygen atoms in total. The van der Waals surface area contributed by atoms with Crippen LogP contribution >= 0.6 is 11.6 Å². The number of hydrogen-bond donors (Lipinski definition) is 0. The maximum absolute atomic E-state index is 5.81. The Kier molecular flexibility index (Phi) is 4.63. The molecule has 1 aliphatic rings. The number of nitrogens with zero attached hydrogens (tertiary/aromatic N) is 2. The second-order valence-electron chi connectivity index (χ2n) is 4.29. The van der Waals surface area contributed by atoms with Gasteiger partial charge in [-0.1, -0.05) is 6.07 Å². The van der Waals surface area contributed by atoms with Crippen LogP contribution in [0.2, 0.25) is 0 Å². The second kappa shape index (κ2) is 6.22. The molecule has 1 aromatic heterocycles. The van der Waals surface area contributed by atoms with Crippen LogP contribution in [0.3, 0.4) is 0 Å². The summed E-state index contributed by atoms with van der Waals surface area (Å²) in [5.74, 6) is 1.49. The van der Waals surface area contributed by atoms with E-state index in [1.165, 1.54) is 0 Å². The van der Waals surface area contributed by atoms with E-state index in [9.17, 15) is 0 Å². The van der Waals surface area contributed by atoms with Crippen LogP contribution in [-0.2, 0) is 10.6 Å². The van der Waals surface area contributed by atoms with Crippen LogP contribution in [-0.4, -0.2) is 30.8 Å². The first-order chi connectivity index (χ1) is 8.33. The summed E-state index contributed by atoms with van der Waals surface area (Å²) >= 11 is 5.81. The highest BCUT2D eigenvalue weighted by atomic mass is 35.5. The van der Waals surface area contributed by atoms with Crippen LogP contribution in [0.1, 0.15) is 25.5 Å². The number of rotatable bonds is 4. The van der Waals surface area contributed by atoms with Crippen molar-refractivity contribution in [2.45, 2.75) is 31.7 Å². The quantitative estimate of drug-likeness (QED) is 0.773. The van der Waals surface area contributed by atoms with Crippen molar-refractivity contribution >= 4 is 17.4 Å². The molecule has 0 aliphatic carbocycles. The largest absolute Gasteiger partial charge is 0.377 e. The zero-order chi connectivity index (χ0) is 12.1. The lowest BCUT2D eigenvalue weighted by Crippen LogP contribution is -2.40. The number of halogens is 1. The third kappa shape index (κ3) is 3.33. The smallest absolute Gasteiger partial charge is 0.128 e. The third-order valence-electron chi connectivity index (χ3n) is 3.03. The molecule has 0 saturated carbocycles. The lowest BCUT2D eigenvalue weighted by molar-refractivity contribution is 0.0525. The van der Waals surface area contributed by atoms with Crippen molar-refractivity contribution in [3.05, 3.63) is 23.9 Å². The SMILES string of the molecule is CCOC1CCCN(c2cccc(CCl)n2)C1. The van der Waals surface area contributed by atoms with E-state index >= 15 is 0 Å². The Morgan fingerprint density at radius 2 is 2.41 bits per heavy atom. The zero-order valence-electron chi connectivity index (χ0n) is 10.2. The van der Waals surface area contributed by atoms with Crippen molar-refractivity contribution < 1.29 is 4.74 Å². The van der Waals surface area contributed by atoms with Gasteiger partial charge in [0.15, 0.2) is 0 Å². The summed E-state index contributed by atoms with van der Waals surface area (Å²) in [5, 5.41) is 0. The van der Waals surface area contributed by atoms with Crippen LogP contribution in [0.5, 0.6) is 0 Å². The van der Waals surface area contributed by atoms with Crippen molar-refractivity contribution in [1.29, 1.82) is 0 Å². The highest BCUT2D eigenvalue weighted by Crippen LogP contribution is 2.20. The molecular formula is C13H19ClN2O. The van der Waals surface area contributed by atoms with Crippen LogP contribution < -0.4 is 4.90 Å². The molecule has 1 atom stereocenters. The predicted molar refractivity (Wildman–Crippen MR) is 70.7 cm³/mol. The van der Waals surface area contributed by atoms with Gasteiger partial charge in [-0.25, -0.2) is 4.98 Å². The second-order valence-corrected chi connectivity index (χ2v) is 4.55. The molecule has 1 unspecified atom stereocenters. The fraction of sp³-hybridized carbons (Fsp3) is 0.615. The standard InChI is InChI=1S/C13H19ClN2O/c1-2-17-12-6-4-8-16(10-12)13-7-3-5-11(9-14)15-13/h3,5,7,12H,2,4,6,8-10H2,1H3. The molecule has 0 N–H and O–H groups in total. The molecule has 2 rings (SSSR count). The summed E-state index contributed by atoms with van der Waals surface area (Å²) < 4.78 is 5.70. The van der Waals surface area contributed by atoms with Gasteiger partial charge in [-0.3, -0.25) is 0 Å². The minimum Gasteiger partial charge on any atom is -0.377 e. The highest BCUT2D eigenvalue weighted by Gasteiger charge is 2.20. The lowest BCUT2D eigenvalue weighted by atomic mass is 10.1. The molecule has 0 aromatic carbocycles. The van der Waals surface area contributed by atoms with Gasteiger partial charge in [0, 0.05) is 19.7 Å². The summed E-state index contributed by atoms with van der Waals surface area (Å²) in [6, 6.07) is 6.02. The van der Waals surface area contributed by atoms with Gasteiger partial charge in [-0.15, -0.1) is 11.6 Å². The number of aromatic nitrogens is 1. The Morgan fingerprint density at radius 3 is 3.18 bits per heavy atom. The molecule has 0 bridgehead atoms. The fourth-order valence-electron chi connectivity index (χ4n) is 2.24. The van der Waals surface area contributed by atoms with E-state index in [1.807, 2.05) is 25.1 Å². The lowest BCUT2D eigenvalue weighted by Gasteiger charge is -2.33. The van der Waals surface area contributed by atoms with Crippen molar-refractivity contribution in [3.63, 3.8) is 0 Å². The zero-order valence-corrected chi connectivity index (χ0v) is 11.0. The molecule has 4 heteroatoms. The summed E-state index contributed by atoms with van der Waals surface area (Å²) in [4.78, 5) is 6.84. The van der Waals surface area contributed by atoms with Gasteiger partial charge in [-0.2, -0.15) is 0 Å². The van der Waals surface area contributed by atoms with Crippen molar-refractivity contribution in [1.82, 2.24) is 4.98 Å². The molecule has 1 fully saturated rings. The van der Waals surface area contributed by atoms with Gasteiger partial charge in [0.1, 0.15) is 5.82 Å². The predicted octanol–water partition coefficient (Wildman–Crippen LogP) is 2.83. The van der Waals surface area contributed by atoms with E-state index in [4.69, 9.17) is 16.3 Å². The Bertz CT molecular complexity index is 357. The topological polar surface area (TPSA) is 25.4 Å². The van der Waals surface area contributed by atoms with Crippen LogP contribution in [0.25, 0.3) is 0 Å². The Morgan fingerprint density at radius 1 is 1.53 bits per heavy atom. The number of piperidine rings is 1. The fourth-order valence-corrected chi connectivity index (χ4v) is 2.38. The van der Waals surface area contributed by atoms with E-state index in [-0.39, 0.29) is 0 Å². The number of alkyl halides is 1. The summed E-state index contributed by atoms with van der Waals surface area (Å²) in [7, 11) is 0. The average molecular weight is 255 g/mol. The van der Waals surface area contributed by atoms with Crippen molar-refractivity contribution in [2.75, 3.05) is 24.6 Å². The van der Waals surface area contributed by atoms with Crippen LogP contribution in [0.15, 0.2) is 18.2 Å². The maximum Gasteiger partial charge on any atom is 0.128 e. The van der Waals surface area contributed by atoms with Crippen LogP contribution in [0, 0.1) is 0 Å². The first kappa shape index (κ1) is 12.7. The Balaban J connectivity index is 2.05. The van der Waals surface area contributed by atoms with Gasteiger partial charge < -0.3 is 9.64 Å². The summed E-state index contributed by atoms with van der Waals surface area (Å²) in [6.45, 7) is 4.83. The molecule has 1 saturated heterocycles. The minimum atomic E-state index is 0.343. The van der Waals surface area contributed by atoms with E-state index < -0.39 is 0 Å². The minimum absolute atomic E-state index is 0.343. The molecule has 17 heavy (non-hydrogen) atoms. The van der Waals surface area contributed by atoms with Gasteiger partial charge in [0.2, 0.25) is 0 Å². The average Bonchev–Trinajstić information content (AvgIpc) is 2.40. The number of pyridine rings is 1. The maximum atomic E-state index is 5.81. The summed E-state index contributed by atoms with van der Waals surface area (Å²) in [6.07, 6.45) is 2.66. The highest BCUT2D eigenvalue weighted by molar-refractivity contribution is 6.16. The molecule has 0 spiro atoms. The number of ether oxygens (including phenoxy) is 1. The van der Waals surface area contributed by atoms with Gasteiger partial charge >= 0.3 is 0 Å². The number of hydrogen-bond acceptors (Lipinski definition) is 3. The van der Waals surface area contributed by atoms with E-state index in [0.29, 0.717) is 12.0 Å². The molecule has 0 radical (unpaired) electrons. The number of anilines is 1. The normalized spacial score (nSPS) is 20.6. The first-order valence-corrected chi connectivity index (χ1v) is 6.75. The van der Waals surface area contributed by atoms with Gasteiger partial charge in [0.25, 0.3) is 0 Å². The molecule has 1 aliphatic heterocycles. The molecule has 1 aromatic rings. The van der Waals surface area contributed by atoms with Crippen molar-refractivity contribution in [2.24, 2.45) is 0 Å². The van der Waals surface area contributed by atoms with Crippen LogP contribution in [0.4, 0.5) is 5.82 Å². The van der Waals surface area contributed by atoms with Gasteiger partial charge in [-0.05, 0) is 31.9 Å². The molecule has 0 amide bonds.